The first kappa shape index (κ1) is 69.2. The number of carbonyl (C=O) groups is 3. The Hall–Kier alpha value is -1.85. The molecule has 0 fully saturated rings. The van der Waals surface area contributed by atoms with E-state index in [1.165, 1.54) is 270 Å². The minimum atomic E-state index is -0.764. The molecule has 0 aromatic rings. The summed E-state index contributed by atoms with van der Waals surface area (Å²) in [6, 6.07) is 0. The first-order valence-corrected chi connectivity index (χ1v) is 32.2. The molecule has 1 unspecified atom stereocenters. The molecule has 0 heterocycles. The number of esters is 3. The average molecular weight is 1000 g/mol. The fourth-order valence-electron chi connectivity index (χ4n) is 9.91. The van der Waals surface area contributed by atoms with E-state index in [0.717, 1.165) is 57.8 Å². The maximum Gasteiger partial charge on any atom is 0.306 e. The second kappa shape index (κ2) is 60.7. The van der Waals surface area contributed by atoms with Crippen LogP contribution in [0.2, 0.25) is 0 Å². The number of hydrogen-bond acceptors (Lipinski definition) is 6. The number of hydrogen-bond donors (Lipinski definition) is 0. The highest BCUT2D eigenvalue weighted by Crippen LogP contribution is 2.18. The molecule has 0 spiro atoms. The Bertz CT molecular complexity index is 1100. The van der Waals surface area contributed by atoms with Gasteiger partial charge in [-0.15, -0.1) is 0 Å². The molecule has 420 valence electrons. The van der Waals surface area contributed by atoms with Crippen LogP contribution in [0.5, 0.6) is 0 Å². The van der Waals surface area contributed by atoms with Crippen LogP contribution in [0.25, 0.3) is 0 Å². The van der Waals surface area contributed by atoms with Gasteiger partial charge in [-0.3, -0.25) is 14.4 Å². The predicted octanol–water partition coefficient (Wildman–Crippen LogP) is 21.7. The first-order valence-electron chi connectivity index (χ1n) is 32.2. The number of rotatable bonds is 60. The highest BCUT2D eigenvalue weighted by atomic mass is 16.6. The van der Waals surface area contributed by atoms with Crippen LogP contribution < -0.4 is 0 Å². The Labute approximate surface area is 443 Å². The molecule has 0 rings (SSSR count). The summed E-state index contributed by atoms with van der Waals surface area (Å²) >= 11 is 0. The monoisotopic (exact) mass is 1000 g/mol. The van der Waals surface area contributed by atoms with E-state index < -0.39 is 6.10 Å². The zero-order valence-electron chi connectivity index (χ0n) is 48.3. The van der Waals surface area contributed by atoms with E-state index in [0.29, 0.717) is 19.3 Å². The van der Waals surface area contributed by atoms with E-state index in [1.54, 1.807) is 0 Å². The van der Waals surface area contributed by atoms with Gasteiger partial charge in [0.25, 0.3) is 0 Å². The molecule has 71 heavy (non-hydrogen) atoms. The highest BCUT2D eigenvalue weighted by molar-refractivity contribution is 5.71. The minimum Gasteiger partial charge on any atom is -0.462 e. The summed E-state index contributed by atoms with van der Waals surface area (Å²) in [7, 11) is 0. The number of carbonyl (C=O) groups excluding carboxylic acids is 3. The average Bonchev–Trinajstić information content (AvgIpc) is 3.37. The third-order valence-electron chi connectivity index (χ3n) is 14.8. The van der Waals surface area contributed by atoms with Gasteiger partial charge in [0, 0.05) is 19.3 Å². The van der Waals surface area contributed by atoms with Gasteiger partial charge >= 0.3 is 17.9 Å². The molecule has 0 aromatic heterocycles. The molecule has 6 nitrogen and oxygen atoms in total. The largest absolute Gasteiger partial charge is 0.462 e. The van der Waals surface area contributed by atoms with Crippen LogP contribution in [0.4, 0.5) is 0 Å². The van der Waals surface area contributed by atoms with Crippen molar-refractivity contribution in [2.24, 2.45) is 0 Å². The molecule has 0 N–H and O–H groups in total. The van der Waals surface area contributed by atoms with Crippen LogP contribution >= 0.6 is 0 Å². The molecule has 0 amide bonds. The minimum absolute atomic E-state index is 0.0630. The molecule has 0 radical (unpaired) electrons. The van der Waals surface area contributed by atoms with E-state index in [9.17, 15) is 14.4 Å². The van der Waals surface area contributed by atoms with Crippen molar-refractivity contribution < 1.29 is 28.6 Å². The van der Waals surface area contributed by atoms with Crippen molar-refractivity contribution in [3.05, 3.63) is 12.2 Å². The molecule has 0 saturated carbocycles. The quantitative estimate of drug-likeness (QED) is 0.0261. The number of allylic oxidation sites excluding steroid dienone is 2. The second-order valence-electron chi connectivity index (χ2n) is 22.0. The van der Waals surface area contributed by atoms with E-state index in [1.807, 2.05) is 0 Å². The van der Waals surface area contributed by atoms with Crippen molar-refractivity contribution >= 4 is 17.9 Å². The molecular formula is C65H124O6. The maximum absolute atomic E-state index is 12.9. The molecule has 0 aliphatic rings. The molecule has 0 aromatic carbocycles. The molecule has 0 aliphatic heterocycles. The Balaban J connectivity index is 4.20. The van der Waals surface area contributed by atoms with E-state index in [4.69, 9.17) is 14.2 Å². The van der Waals surface area contributed by atoms with Gasteiger partial charge in [-0.1, -0.05) is 315 Å². The Morgan fingerprint density at radius 3 is 0.704 bits per heavy atom. The van der Waals surface area contributed by atoms with Gasteiger partial charge in [0.15, 0.2) is 6.10 Å². The van der Waals surface area contributed by atoms with Crippen molar-refractivity contribution in [3.63, 3.8) is 0 Å². The summed E-state index contributed by atoms with van der Waals surface area (Å²) in [5.74, 6) is -0.833. The third kappa shape index (κ3) is 58.9. The summed E-state index contributed by atoms with van der Waals surface area (Å²) in [5.41, 5.74) is 0. The lowest BCUT2D eigenvalue weighted by molar-refractivity contribution is -0.167. The Kier molecular flexibility index (Phi) is 59.1. The van der Waals surface area contributed by atoms with Crippen molar-refractivity contribution in [2.75, 3.05) is 13.2 Å². The highest BCUT2D eigenvalue weighted by Gasteiger charge is 2.19. The van der Waals surface area contributed by atoms with E-state index in [2.05, 4.69) is 32.9 Å². The van der Waals surface area contributed by atoms with Gasteiger partial charge in [-0.25, -0.2) is 0 Å². The lowest BCUT2D eigenvalue weighted by atomic mass is 10.0. The van der Waals surface area contributed by atoms with Crippen molar-refractivity contribution in [3.8, 4) is 0 Å². The standard InChI is InChI=1S/C65H124O6/c1-4-7-10-13-16-19-22-25-27-28-29-30-31-32-33-34-35-36-38-40-43-46-49-52-55-58-64(67)70-61-62(60-69-63(66)57-54-51-48-45-42-39-24-21-18-15-12-9-6-3)71-65(68)59-56-53-50-47-44-41-37-26-23-20-17-14-11-8-5-2/h28-29,62H,4-27,30-61H2,1-3H3/b29-28-. The van der Waals surface area contributed by atoms with Crippen molar-refractivity contribution in [1.82, 2.24) is 0 Å². The fourth-order valence-corrected chi connectivity index (χ4v) is 9.91. The Morgan fingerprint density at radius 2 is 0.465 bits per heavy atom. The van der Waals surface area contributed by atoms with Crippen LogP contribution in [0.15, 0.2) is 12.2 Å². The van der Waals surface area contributed by atoms with Gasteiger partial charge in [0.1, 0.15) is 13.2 Å². The molecule has 1 atom stereocenters. The lowest BCUT2D eigenvalue weighted by Crippen LogP contribution is -2.30. The van der Waals surface area contributed by atoms with Gasteiger partial charge < -0.3 is 14.2 Å². The van der Waals surface area contributed by atoms with Crippen molar-refractivity contribution in [2.45, 2.75) is 374 Å². The second-order valence-corrected chi connectivity index (χ2v) is 22.0. The van der Waals surface area contributed by atoms with Crippen LogP contribution in [0.3, 0.4) is 0 Å². The van der Waals surface area contributed by atoms with E-state index in [-0.39, 0.29) is 31.1 Å². The maximum atomic E-state index is 12.9. The smallest absolute Gasteiger partial charge is 0.306 e. The summed E-state index contributed by atoms with van der Waals surface area (Å²) in [6.07, 6.45) is 70.8. The van der Waals surface area contributed by atoms with Gasteiger partial charge in [0.2, 0.25) is 0 Å². The summed E-state index contributed by atoms with van der Waals surface area (Å²) in [5, 5.41) is 0. The van der Waals surface area contributed by atoms with Gasteiger partial charge in [-0.05, 0) is 44.9 Å². The van der Waals surface area contributed by atoms with E-state index >= 15 is 0 Å². The zero-order valence-corrected chi connectivity index (χ0v) is 48.3. The number of unbranched alkanes of at least 4 members (excludes halogenated alkanes) is 47. The predicted molar refractivity (Wildman–Crippen MR) is 307 cm³/mol. The molecule has 6 heteroatoms. The topological polar surface area (TPSA) is 78.9 Å². The lowest BCUT2D eigenvalue weighted by Gasteiger charge is -2.18. The Morgan fingerprint density at radius 1 is 0.268 bits per heavy atom. The molecular weight excluding hydrogens is 877 g/mol. The molecule has 0 saturated heterocycles. The van der Waals surface area contributed by atoms with Crippen molar-refractivity contribution in [1.29, 1.82) is 0 Å². The van der Waals surface area contributed by atoms with Crippen LogP contribution in [-0.4, -0.2) is 37.2 Å². The summed E-state index contributed by atoms with van der Waals surface area (Å²) < 4.78 is 16.9. The van der Waals surface area contributed by atoms with Gasteiger partial charge in [0.05, 0.1) is 0 Å². The zero-order chi connectivity index (χ0) is 51.4. The first-order chi connectivity index (χ1) is 35.0. The summed E-state index contributed by atoms with van der Waals surface area (Å²) in [6.45, 7) is 6.71. The van der Waals surface area contributed by atoms with Crippen LogP contribution in [0.1, 0.15) is 367 Å². The molecule has 0 aliphatic carbocycles. The van der Waals surface area contributed by atoms with Crippen LogP contribution in [-0.2, 0) is 28.6 Å². The third-order valence-corrected chi connectivity index (χ3v) is 14.8. The van der Waals surface area contributed by atoms with Gasteiger partial charge in [-0.2, -0.15) is 0 Å². The van der Waals surface area contributed by atoms with Crippen LogP contribution in [0, 0.1) is 0 Å². The SMILES string of the molecule is CCCCCCCCCC/C=C\CCCCCCCCCCCCCCCC(=O)OCC(COC(=O)CCCCCCCCCCCCCCC)OC(=O)CCCCCCCCCCCCCCCCC. The fraction of sp³-hybridized carbons (Fsp3) is 0.923. The summed E-state index contributed by atoms with van der Waals surface area (Å²) in [4.78, 5) is 38.2. The number of ether oxygens (including phenoxy) is 3. The molecule has 0 bridgehead atoms. The normalized spacial score (nSPS) is 12.0.